The lowest BCUT2D eigenvalue weighted by molar-refractivity contribution is -0.327. The molecule has 2 atom stereocenters. The van der Waals surface area contributed by atoms with Gasteiger partial charge in [0.1, 0.15) is 0 Å². The number of aliphatic hydroxyl groups is 1. The quantitative estimate of drug-likeness (QED) is 0.458. The number of hydrogen-bond acceptors (Lipinski definition) is 6. The fourth-order valence-corrected chi connectivity index (χ4v) is 1.39. The highest BCUT2D eigenvalue weighted by Gasteiger charge is 2.35. The molecule has 9 heteroatoms. The van der Waals surface area contributed by atoms with Crippen LogP contribution in [-0.4, -0.2) is 15.1 Å². The average Bonchev–Trinajstić information content (AvgIpc) is 1.58. The van der Waals surface area contributed by atoms with E-state index >= 15 is 0 Å². The smallest absolute Gasteiger partial charge is 0.168 e. The van der Waals surface area contributed by atoms with Crippen LogP contribution in [0.1, 0.15) is 6.92 Å². The summed E-state index contributed by atoms with van der Waals surface area (Å²) in [6.07, 6.45) is 0. The Morgan fingerprint density at radius 3 is 1.55 bits per heavy atom. The fraction of sp³-hybridized carbons (Fsp3) is 1.00. The van der Waals surface area contributed by atoms with Gasteiger partial charge in [0, 0.05) is 0 Å². The van der Waals surface area contributed by atoms with Gasteiger partial charge >= 0.3 is 0 Å². The molecule has 0 heterocycles. The lowest BCUT2D eigenvalue weighted by Gasteiger charge is -2.47. The maximum absolute atomic E-state index is 10.1. The normalized spacial score (nSPS) is 23.8. The van der Waals surface area contributed by atoms with Gasteiger partial charge in [-0.05, 0) is 14.5 Å². The van der Waals surface area contributed by atoms with Crippen LogP contribution >= 0.6 is 15.2 Å². The first kappa shape index (κ1) is 11.3. The Kier molecular flexibility index (Phi) is 2.70. The third kappa shape index (κ3) is 2.10. The van der Waals surface area contributed by atoms with E-state index in [1.54, 1.807) is 0 Å². The maximum Gasteiger partial charge on any atom is 0.168 e. The molecule has 0 radical (unpaired) electrons. The van der Waals surface area contributed by atoms with Crippen molar-refractivity contribution in [1.29, 1.82) is 0 Å². The summed E-state index contributed by atoms with van der Waals surface area (Å²) in [6.45, 7) is 0.196. The lowest BCUT2D eigenvalue weighted by atomic mass is 10.9. The first-order valence-electron chi connectivity index (χ1n) is 2.28. The highest BCUT2D eigenvalue weighted by Crippen LogP contribution is 2.60. The predicted molar refractivity (Wildman–Crippen MR) is 28.1 cm³/mol. The van der Waals surface area contributed by atoms with Crippen molar-refractivity contribution in [3.05, 3.63) is 0 Å². The standard InChI is InChI=1S/C2H8O7P2/c1-2(3,10(4,5)6)11(7,8)9/h3H,1H3,(H2,4,5,6)(H2,7,8,9)/p-3. The predicted octanol–water partition coefficient (Wildman–Crippen LogP) is -2.89. The van der Waals surface area contributed by atoms with Crippen LogP contribution < -0.4 is 14.7 Å². The highest BCUT2D eigenvalue weighted by atomic mass is 31.2. The molecule has 0 bridgehead atoms. The van der Waals surface area contributed by atoms with E-state index in [2.05, 4.69) is 0 Å². The van der Waals surface area contributed by atoms with Gasteiger partial charge in [0.15, 0.2) is 12.7 Å². The van der Waals surface area contributed by atoms with E-state index in [0.29, 0.717) is 0 Å². The second-order valence-electron chi connectivity index (χ2n) is 1.99. The summed E-state index contributed by atoms with van der Waals surface area (Å²) in [6, 6.07) is 0. The molecule has 0 aromatic carbocycles. The van der Waals surface area contributed by atoms with Gasteiger partial charge in [0.25, 0.3) is 0 Å². The fourth-order valence-electron chi connectivity index (χ4n) is 0.155. The second-order valence-corrected chi connectivity index (χ2v) is 6.12. The molecule has 0 aliphatic heterocycles. The molecule has 2 unspecified atom stereocenters. The van der Waals surface area contributed by atoms with Crippen LogP contribution in [0.2, 0.25) is 0 Å². The van der Waals surface area contributed by atoms with E-state index < -0.39 is 20.3 Å². The molecule has 0 saturated heterocycles. The molecule has 11 heavy (non-hydrogen) atoms. The third-order valence-electron chi connectivity index (χ3n) is 1.05. The number of hydrogen-bond donors (Lipinski definition) is 2. The van der Waals surface area contributed by atoms with Crippen molar-refractivity contribution < 1.29 is 33.8 Å². The van der Waals surface area contributed by atoms with Crippen LogP contribution in [0, 0.1) is 0 Å². The van der Waals surface area contributed by atoms with Gasteiger partial charge in [0.05, 0.1) is 0 Å². The Balaban J connectivity index is 5.08. The molecule has 0 spiro atoms. The molecule has 2 N–H and O–H groups in total. The summed E-state index contributed by atoms with van der Waals surface area (Å²) in [5.74, 6) is 0. The molecule has 0 fully saturated rings. The Labute approximate surface area is 62.0 Å². The molecule has 7 nitrogen and oxygen atoms in total. The van der Waals surface area contributed by atoms with Gasteiger partial charge in [-0.15, -0.1) is 0 Å². The van der Waals surface area contributed by atoms with Gasteiger partial charge in [-0.1, -0.05) is 0 Å². The van der Waals surface area contributed by atoms with Crippen LogP contribution in [0.3, 0.4) is 0 Å². The second kappa shape index (κ2) is 2.64. The first-order valence-corrected chi connectivity index (χ1v) is 5.40. The van der Waals surface area contributed by atoms with Crippen molar-refractivity contribution in [1.82, 2.24) is 0 Å². The molecular weight excluding hydrogens is 198 g/mol. The third-order valence-corrected chi connectivity index (χ3v) is 4.66. The molecule has 0 rings (SSSR count). The summed E-state index contributed by atoms with van der Waals surface area (Å²) in [5, 5.41) is 4.85. The van der Waals surface area contributed by atoms with Crippen molar-refractivity contribution in [2.75, 3.05) is 0 Å². The van der Waals surface area contributed by atoms with E-state index in [0.717, 1.165) is 0 Å². The van der Waals surface area contributed by atoms with Gasteiger partial charge in [-0.3, -0.25) is 0 Å². The summed E-state index contributed by atoms with van der Waals surface area (Å²) < 4.78 is 20.1. The first-order chi connectivity index (χ1) is 4.50. The van der Waals surface area contributed by atoms with Gasteiger partial charge in [0.2, 0.25) is 0 Å². The molecule has 0 aromatic rings. The number of rotatable bonds is 2. The van der Waals surface area contributed by atoms with Gasteiger partial charge in [-0.2, -0.15) is 0 Å². The molecule has 68 valence electrons. The van der Waals surface area contributed by atoms with Crippen molar-refractivity contribution in [3.8, 4) is 0 Å². The average molecular weight is 203 g/mol. The zero-order valence-corrected chi connectivity index (χ0v) is 7.12. The summed E-state index contributed by atoms with van der Waals surface area (Å²) in [5.41, 5.74) is 0. The van der Waals surface area contributed by atoms with E-state index in [-0.39, 0.29) is 6.92 Å². The van der Waals surface area contributed by atoms with E-state index in [1.807, 2.05) is 0 Å². The Morgan fingerprint density at radius 1 is 1.27 bits per heavy atom. The zero-order chi connectivity index (χ0) is 9.50. The SMILES string of the molecule is CC(O)(P(=O)([O-])[O-])P(=O)([O-])O. The van der Waals surface area contributed by atoms with Crippen LogP contribution in [0.25, 0.3) is 0 Å². The van der Waals surface area contributed by atoms with E-state index in [4.69, 9.17) is 10.00 Å². The largest absolute Gasteiger partial charge is 0.808 e. The van der Waals surface area contributed by atoms with Crippen molar-refractivity contribution in [2.24, 2.45) is 0 Å². The lowest BCUT2D eigenvalue weighted by Crippen LogP contribution is -2.39. The minimum Gasteiger partial charge on any atom is -0.808 e. The summed E-state index contributed by atoms with van der Waals surface area (Å²) >= 11 is 0. The molecular formula is C2H5O7P2-3. The maximum atomic E-state index is 10.1. The molecule has 0 aromatic heterocycles. The van der Waals surface area contributed by atoms with E-state index in [9.17, 15) is 23.8 Å². The Hall–Kier alpha value is 0.260. The monoisotopic (exact) mass is 203 g/mol. The van der Waals surface area contributed by atoms with Gasteiger partial charge < -0.3 is 33.8 Å². The molecule has 0 saturated carbocycles. The minimum absolute atomic E-state index is 0.196. The zero-order valence-electron chi connectivity index (χ0n) is 5.33. The molecule has 0 amide bonds. The van der Waals surface area contributed by atoms with Crippen LogP contribution in [0.4, 0.5) is 0 Å². The summed E-state index contributed by atoms with van der Waals surface area (Å²) in [4.78, 5) is 38.1. The van der Waals surface area contributed by atoms with Crippen molar-refractivity contribution >= 4 is 15.2 Å². The van der Waals surface area contributed by atoms with Crippen LogP contribution in [-0.2, 0) is 9.13 Å². The topological polar surface area (TPSA) is 144 Å². The summed E-state index contributed by atoms with van der Waals surface area (Å²) in [7, 11) is -11.3. The van der Waals surface area contributed by atoms with Crippen molar-refractivity contribution in [2.45, 2.75) is 12.0 Å². The minimum atomic E-state index is -5.76. The Morgan fingerprint density at radius 2 is 1.55 bits per heavy atom. The highest BCUT2D eigenvalue weighted by molar-refractivity contribution is 7.69. The van der Waals surface area contributed by atoms with Crippen LogP contribution in [0.15, 0.2) is 0 Å². The van der Waals surface area contributed by atoms with Crippen molar-refractivity contribution in [3.63, 3.8) is 0 Å². The molecule has 0 aliphatic carbocycles. The Bertz CT molecular complexity index is 207. The molecule has 0 aliphatic rings. The van der Waals surface area contributed by atoms with Gasteiger partial charge in [-0.25, -0.2) is 0 Å². The van der Waals surface area contributed by atoms with Crippen LogP contribution in [0.5, 0.6) is 0 Å². The van der Waals surface area contributed by atoms with E-state index in [1.165, 1.54) is 0 Å².